The molecule has 3 nitrogen and oxygen atoms in total. The van der Waals surface area contributed by atoms with E-state index >= 15 is 0 Å². The van der Waals surface area contributed by atoms with E-state index in [1.165, 1.54) is 32.4 Å². The average Bonchev–Trinajstić information content (AvgIpc) is 2.64. The zero-order chi connectivity index (χ0) is 15.7. The molecule has 1 N–H and O–H groups in total. The van der Waals surface area contributed by atoms with Gasteiger partial charge in [-0.2, -0.15) is 0 Å². The predicted octanol–water partition coefficient (Wildman–Crippen LogP) is 3.43. The SMILES string of the molecule is CCCNC1CCN(C2CC(C)(C)OC2(C)C)CC1CC. The molecule has 21 heavy (non-hydrogen) atoms. The van der Waals surface area contributed by atoms with E-state index < -0.39 is 0 Å². The maximum Gasteiger partial charge on any atom is 0.0789 e. The van der Waals surface area contributed by atoms with Crippen LogP contribution in [0.25, 0.3) is 0 Å². The van der Waals surface area contributed by atoms with Crippen molar-refractivity contribution in [3.05, 3.63) is 0 Å². The van der Waals surface area contributed by atoms with Gasteiger partial charge in [-0.1, -0.05) is 20.3 Å². The first kappa shape index (κ1) is 17.2. The second kappa shape index (κ2) is 6.55. The van der Waals surface area contributed by atoms with Gasteiger partial charge in [0.2, 0.25) is 0 Å². The molecule has 3 unspecified atom stereocenters. The summed E-state index contributed by atoms with van der Waals surface area (Å²) in [6.07, 6.45) is 4.94. The third kappa shape index (κ3) is 4.00. The molecule has 3 atom stereocenters. The van der Waals surface area contributed by atoms with Crippen LogP contribution in [0.2, 0.25) is 0 Å². The second-order valence-corrected chi connectivity index (χ2v) is 8.20. The average molecular weight is 296 g/mol. The van der Waals surface area contributed by atoms with Gasteiger partial charge < -0.3 is 10.1 Å². The third-order valence-electron chi connectivity index (χ3n) is 5.41. The highest BCUT2D eigenvalue weighted by molar-refractivity contribution is 5.02. The zero-order valence-electron chi connectivity index (χ0n) is 15.0. The minimum Gasteiger partial charge on any atom is -0.368 e. The molecular formula is C18H36N2O. The molecule has 2 saturated heterocycles. The molecule has 124 valence electrons. The van der Waals surface area contributed by atoms with Crippen LogP contribution in [0.1, 0.15) is 67.2 Å². The Balaban J connectivity index is 2.00. The van der Waals surface area contributed by atoms with Crippen molar-refractivity contribution in [2.45, 2.75) is 90.5 Å². The minimum absolute atomic E-state index is 0.0210. The molecule has 0 radical (unpaired) electrons. The van der Waals surface area contributed by atoms with Gasteiger partial charge in [0.05, 0.1) is 11.2 Å². The molecule has 0 aliphatic carbocycles. The lowest BCUT2D eigenvalue weighted by Crippen LogP contribution is -2.55. The van der Waals surface area contributed by atoms with Gasteiger partial charge in [-0.3, -0.25) is 4.90 Å². The standard InChI is InChI=1S/C18H36N2O/c1-7-10-19-15-9-11-20(13-14(15)8-2)16-12-17(3,4)21-18(16,5)6/h14-16,19H,7-13H2,1-6H3. The molecular weight excluding hydrogens is 260 g/mol. The summed E-state index contributed by atoms with van der Waals surface area (Å²) < 4.78 is 6.31. The van der Waals surface area contributed by atoms with Gasteiger partial charge in [-0.15, -0.1) is 0 Å². The summed E-state index contributed by atoms with van der Waals surface area (Å²) in [5.41, 5.74) is -0.00133. The van der Waals surface area contributed by atoms with E-state index in [0.717, 1.165) is 18.9 Å². The monoisotopic (exact) mass is 296 g/mol. The summed E-state index contributed by atoms with van der Waals surface area (Å²) >= 11 is 0. The number of piperidine rings is 1. The smallest absolute Gasteiger partial charge is 0.0789 e. The number of ether oxygens (including phenoxy) is 1. The van der Waals surface area contributed by atoms with Crippen LogP contribution in [0.3, 0.4) is 0 Å². The van der Waals surface area contributed by atoms with E-state index in [1.54, 1.807) is 0 Å². The summed E-state index contributed by atoms with van der Waals surface area (Å²) in [5, 5.41) is 3.76. The fourth-order valence-corrected chi connectivity index (χ4v) is 4.46. The Labute approximate surface area is 131 Å². The normalized spacial score (nSPS) is 36.0. The summed E-state index contributed by atoms with van der Waals surface area (Å²) in [5.74, 6) is 0.782. The number of nitrogens with zero attached hydrogens (tertiary/aromatic N) is 1. The summed E-state index contributed by atoms with van der Waals surface area (Å²) in [6, 6.07) is 1.28. The molecule has 0 bridgehead atoms. The number of likely N-dealkylation sites (tertiary alicyclic amines) is 1. The lowest BCUT2D eigenvalue weighted by molar-refractivity contribution is -0.0843. The Bertz CT molecular complexity index is 340. The Hall–Kier alpha value is -0.120. The van der Waals surface area contributed by atoms with Crippen LogP contribution >= 0.6 is 0 Å². The van der Waals surface area contributed by atoms with E-state index in [9.17, 15) is 0 Å². The molecule has 2 heterocycles. The number of hydrogen-bond donors (Lipinski definition) is 1. The molecule has 0 amide bonds. The molecule has 0 aromatic heterocycles. The Kier molecular flexibility index (Phi) is 5.38. The van der Waals surface area contributed by atoms with E-state index in [1.807, 2.05) is 0 Å². The first-order valence-electron chi connectivity index (χ1n) is 8.96. The first-order chi connectivity index (χ1) is 9.79. The quantitative estimate of drug-likeness (QED) is 0.841. The fourth-order valence-electron chi connectivity index (χ4n) is 4.46. The van der Waals surface area contributed by atoms with Crippen molar-refractivity contribution in [2.24, 2.45) is 5.92 Å². The maximum atomic E-state index is 6.31. The van der Waals surface area contributed by atoms with Crippen molar-refractivity contribution >= 4 is 0 Å². The van der Waals surface area contributed by atoms with Crippen LogP contribution in [0.15, 0.2) is 0 Å². The molecule has 3 heteroatoms. The van der Waals surface area contributed by atoms with Crippen molar-refractivity contribution in [3.63, 3.8) is 0 Å². The molecule has 2 aliphatic heterocycles. The predicted molar refractivity (Wildman–Crippen MR) is 89.7 cm³/mol. The molecule has 2 fully saturated rings. The van der Waals surface area contributed by atoms with Gasteiger partial charge in [0, 0.05) is 25.2 Å². The van der Waals surface area contributed by atoms with Gasteiger partial charge in [0.25, 0.3) is 0 Å². The first-order valence-corrected chi connectivity index (χ1v) is 8.96. The Morgan fingerprint density at radius 3 is 2.43 bits per heavy atom. The van der Waals surface area contributed by atoms with Crippen molar-refractivity contribution in [3.8, 4) is 0 Å². The molecule has 2 aliphatic rings. The maximum absolute atomic E-state index is 6.31. The van der Waals surface area contributed by atoms with Gasteiger partial charge in [0.1, 0.15) is 0 Å². The van der Waals surface area contributed by atoms with E-state index in [2.05, 4.69) is 51.8 Å². The Morgan fingerprint density at radius 2 is 1.90 bits per heavy atom. The lowest BCUT2D eigenvalue weighted by atomic mass is 9.85. The van der Waals surface area contributed by atoms with E-state index in [0.29, 0.717) is 12.1 Å². The second-order valence-electron chi connectivity index (χ2n) is 8.20. The van der Waals surface area contributed by atoms with Crippen molar-refractivity contribution in [2.75, 3.05) is 19.6 Å². The third-order valence-corrected chi connectivity index (χ3v) is 5.41. The number of nitrogens with one attached hydrogen (secondary N) is 1. The topological polar surface area (TPSA) is 24.5 Å². The number of hydrogen-bond acceptors (Lipinski definition) is 3. The Morgan fingerprint density at radius 1 is 1.19 bits per heavy atom. The highest BCUT2D eigenvalue weighted by Gasteiger charge is 2.49. The van der Waals surface area contributed by atoms with Crippen molar-refractivity contribution < 1.29 is 4.74 Å². The van der Waals surface area contributed by atoms with Crippen LogP contribution in [0.5, 0.6) is 0 Å². The lowest BCUT2D eigenvalue weighted by Gasteiger charge is -2.44. The zero-order valence-corrected chi connectivity index (χ0v) is 15.0. The fraction of sp³-hybridized carbons (Fsp3) is 1.00. The van der Waals surface area contributed by atoms with Crippen LogP contribution < -0.4 is 5.32 Å². The van der Waals surface area contributed by atoms with Crippen molar-refractivity contribution in [1.82, 2.24) is 10.2 Å². The van der Waals surface area contributed by atoms with E-state index in [-0.39, 0.29) is 11.2 Å². The van der Waals surface area contributed by atoms with Gasteiger partial charge >= 0.3 is 0 Å². The molecule has 0 aromatic carbocycles. The van der Waals surface area contributed by atoms with Crippen LogP contribution in [-0.2, 0) is 4.74 Å². The van der Waals surface area contributed by atoms with Crippen LogP contribution in [0, 0.1) is 5.92 Å². The molecule has 2 rings (SSSR count). The van der Waals surface area contributed by atoms with Crippen LogP contribution in [0.4, 0.5) is 0 Å². The summed E-state index contributed by atoms with van der Waals surface area (Å²) in [6.45, 7) is 17.2. The van der Waals surface area contributed by atoms with E-state index in [4.69, 9.17) is 4.74 Å². The highest BCUT2D eigenvalue weighted by atomic mass is 16.5. The molecule has 0 aromatic rings. The number of rotatable bonds is 5. The summed E-state index contributed by atoms with van der Waals surface area (Å²) in [4.78, 5) is 2.72. The molecule has 0 saturated carbocycles. The van der Waals surface area contributed by atoms with Gasteiger partial charge in [0.15, 0.2) is 0 Å². The highest BCUT2D eigenvalue weighted by Crippen LogP contribution is 2.41. The largest absolute Gasteiger partial charge is 0.368 e. The van der Waals surface area contributed by atoms with Gasteiger partial charge in [-0.25, -0.2) is 0 Å². The minimum atomic E-state index is -0.0223. The molecule has 0 spiro atoms. The summed E-state index contributed by atoms with van der Waals surface area (Å²) in [7, 11) is 0. The van der Waals surface area contributed by atoms with Gasteiger partial charge in [-0.05, 0) is 59.4 Å². The van der Waals surface area contributed by atoms with Crippen LogP contribution in [-0.4, -0.2) is 47.8 Å². The van der Waals surface area contributed by atoms with Crippen molar-refractivity contribution in [1.29, 1.82) is 0 Å².